The zero-order chi connectivity index (χ0) is 18.1. The van der Waals surface area contributed by atoms with Crippen molar-refractivity contribution < 1.29 is 9.21 Å². The predicted octanol–water partition coefficient (Wildman–Crippen LogP) is 6.16. The van der Waals surface area contributed by atoms with Gasteiger partial charge in [0.1, 0.15) is 5.52 Å². The first-order chi connectivity index (χ1) is 12.6. The molecule has 0 bridgehead atoms. The van der Waals surface area contributed by atoms with Gasteiger partial charge in [0, 0.05) is 10.2 Å². The van der Waals surface area contributed by atoms with Crippen LogP contribution < -0.4 is 5.32 Å². The number of hydrogen-bond donors (Lipinski definition) is 1. The molecule has 4 nitrogen and oxygen atoms in total. The lowest BCUT2D eigenvalue weighted by molar-refractivity contribution is 0.102. The lowest BCUT2D eigenvalue weighted by Crippen LogP contribution is -2.12. The van der Waals surface area contributed by atoms with Crippen LogP contribution in [0.25, 0.3) is 22.6 Å². The van der Waals surface area contributed by atoms with E-state index in [1.807, 2.05) is 24.3 Å². The van der Waals surface area contributed by atoms with Gasteiger partial charge in [0.15, 0.2) is 5.58 Å². The summed E-state index contributed by atoms with van der Waals surface area (Å²) in [6.07, 6.45) is 0. The molecule has 0 saturated heterocycles. The van der Waals surface area contributed by atoms with Crippen LogP contribution >= 0.6 is 27.5 Å². The topological polar surface area (TPSA) is 55.1 Å². The van der Waals surface area contributed by atoms with Crippen LogP contribution in [0, 0.1) is 0 Å². The monoisotopic (exact) mass is 426 g/mol. The largest absolute Gasteiger partial charge is 0.436 e. The summed E-state index contributed by atoms with van der Waals surface area (Å²) < 4.78 is 6.73. The summed E-state index contributed by atoms with van der Waals surface area (Å²) >= 11 is 9.57. The molecule has 1 N–H and O–H groups in total. The minimum atomic E-state index is -0.274. The molecule has 0 aliphatic heterocycles. The van der Waals surface area contributed by atoms with E-state index >= 15 is 0 Å². The molecule has 0 aliphatic rings. The van der Waals surface area contributed by atoms with Crippen molar-refractivity contribution in [3.05, 3.63) is 81.8 Å². The molecule has 0 unspecified atom stereocenters. The van der Waals surface area contributed by atoms with Gasteiger partial charge >= 0.3 is 0 Å². The lowest BCUT2D eigenvalue weighted by Gasteiger charge is -2.06. The third-order valence-electron chi connectivity index (χ3n) is 3.87. The summed E-state index contributed by atoms with van der Waals surface area (Å²) in [5.41, 5.74) is 3.21. The standard InChI is InChI=1S/C20H12BrClN2O2/c21-15-7-3-1-5-13(15)20-24-17-11-12(9-10-18(17)26-20)23-19(25)14-6-2-4-8-16(14)22/h1-11H,(H,23,25). The highest BCUT2D eigenvalue weighted by Gasteiger charge is 2.13. The number of carbonyl (C=O) groups excluding carboxylic acids is 1. The predicted molar refractivity (Wildman–Crippen MR) is 107 cm³/mol. The smallest absolute Gasteiger partial charge is 0.257 e. The number of amides is 1. The summed E-state index contributed by atoms with van der Waals surface area (Å²) in [6, 6.07) is 19.9. The number of carbonyl (C=O) groups is 1. The highest BCUT2D eigenvalue weighted by Crippen LogP contribution is 2.31. The van der Waals surface area contributed by atoms with Crippen LogP contribution in [0.4, 0.5) is 5.69 Å². The maximum Gasteiger partial charge on any atom is 0.257 e. The fourth-order valence-electron chi connectivity index (χ4n) is 2.60. The van der Waals surface area contributed by atoms with Crippen LogP contribution in [-0.4, -0.2) is 10.9 Å². The number of aromatic nitrogens is 1. The number of nitrogens with zero attached hydrogens (tertiary/aromatic N) is 1. The van der Waals surface area contributed by atoms with Crippen molar-refractivity contribution in [2.24, 2.45) is 0 Å². The van der Waals surface area contributed by atoms with Crippen molar-refractivity contribution in [3.8, 4) is 11.5 Å². The summed E-state index contributed by atoms with van der Waals surface area (Å²) in [6.45, 7) is 0. The maximum atomic E-state index is 12.4. The molecule has 1 amide bonds. The van der Waals surface area contributed by atoms with Crippen molar-refractivity contribution >= 4 is 50.2 Å². The van der Waals surface area contributed by atoms with Crippen molar-refractivity contribution in [2.75, 3.05) is 5.32 Å². The normalized spacial score (nSPS) is 10.8. The average Bonchev–Trinajstić information content (AvgIpc) is 3.05. The molecule has 0 radical (unpaired) electrons. The fraction of sp³-hybridized carbons (Fsp3) is 0. The molecule has 1 heterocycles. The van der Waals surface area contributed by atoms with Gasteiger partial charge in [-0.15, -0.1) is 0 Å². The van der Waals surface area contributed by atoms with Gasteiger partial charge in [-0.1, -0.05) is 35.9 Å². The average molecular weight is 428 g/mol. The Hall–Kier alpha value is -2.63. The molecule has 0 spiro atoms. The van der Waals surface area contributed by atoms with Crippen molar-refractivity contribution in [3.63, 3.8) is 0 Å². The number of oxazole rings is 1. The van der Waals surface area contributed by atoms with Gasteiger partial charge in [0.05, 0.1) is 16.1 Å². The van der Waals surface area contributed by atoms with E-state index in [-0.39, 0.29) is 5.91 Å². The van der Waals surface area contributed by atoms with E-state index in [1.54, 1.807) is 42.5 Å². The van der Waals surface area contributed by atoms with E-state index < -0.39 is 0 Å². The summed E-state index contributed by atoms with van der Waals surface area (Å²) in [5.74, 6) is 0.242. The Morgan fingerprint density at radius 2 is 1.81 bits per heavy atom. The molecular formula is C20H12BrClN2O2. The molecule has 6 heteroatoms. The van der Waals surface area contributed by atoms with Crippen LogP contribution in [0.15, 0.2) is 75.6 Å². The number of benzene rings is 3. The molecular weight excluding hydrogens is 416 g/mol. The van der Waals surface area contributed by atoms with E-state index in [4.69, 9.17) is 16.0 Å². The third-order valence-corrected chi connectivity index (χ3v) is 4.89. The molecule has 1 aromatic heterocycles. The van der Waals surface area contributed by atoms with Crippen LogP contribution in [0.3, 0.4) is 0 Å². The Morgan fingerprint density at radius 3 is 2.62 bits per heavy atom. The second-order valence-electron chi connectivity index (χ2n) is 5.62. The maximum absolute atomic E-state index is 12.4. The molecule has 3 aromatic carbocycles. The Bertz CT molecular complexity index is 1120. The molecule has 0 atom stereocenters. The third kappa shape index (κ3) is 3.23. The molecule has 4 rings (SSSR count). The van der Waals surface area contributed by atoms with Crippen LogP contribution in [0.5, 0.6) is 0 Å². The number of nitrogens with one attached hydrogen (secondary N) is 1. The lowest BCUT2D eigenvalue weighted by atomic mass is 10.2. The first kappa shape index (κ1) is 16.8. The summed E-state index contributed by atoms with van der Waals surface area (Å²) in [4.78, 5) is 16.9. The number of anilines is 1. The minimum Gasteiger partial charge on any atom is -0.436 e. The van der Waals surface area contributed by atoms with Gasteiger partial charge in [-0.3, -0.25) is 4.79 Å². The molecule has 26 heavy (non-hydrogen) atoms. The van der Waals surface area contributed by atoms with Gasteiger partial charge in [-0.25, -0.2) is 4.98 Å². The first-order valence-corrected chi connectivity index (χ1v) is 9.00. The summed E-state index contributed by atoms with van der Waals surface area (Å²) in [5, 5.41) is 3.24. The van der Waals surface area contributed by atoms with Gasteiger partial charge in [0.25, 0.3) is 5.91 Å². The van der Waals surface area contributed by atoms with Gasteiger partial charge in [-0.05, 0) is 58.4 Å². The Balaban J connectivity index is 1.65. The number of halogens is 2. The van der Waals surface area contributed by atoms with E-state index in [0.717, 1.165) is 10.0 Å². The molecule has 0 fully saturated rings. The zero-order valence-electron chi connectivity index (χ0n) is 13.4. The van der Waals surface area contributed by atoms with Crippen LogP contribution in [0.1, 0.15) is 10.4 Å². The highest BCUT2D eigenvalue weighted by atomic mass is 79.9. The molecule has 4 aromatic rings. The van der Waals surface area contributed by atoms with Crippen molar-refractivity contribution in [2.45, 2.75) is 0 Å². The van der Waals surface area contributed by atoms with Crippen LogP contribution in [0.2, 0.25) is 5.02 Å². The molecule has 0 aliphatic carbocycles. The van der Waals surface area contributed by atoms with Gasteiger partial charge in [0.2, 0.25) is 5.89 Å². The number of hydrogen-bond acceptors (Lipinski definition) is 3. The summed E-state index contributed by atoms with van der Waals surface area (Å²) in [7, 11) is 0. The number of fused-ring (bicyclic) bond motifs is 1. The Labute approximate surface area is 162 Å². The Kier molecular flexibility index (Phi) is 4.49. The van der Waals surface area contributed by atoms with Gasteiger partial charge < -0.3 is 9.73 Å². The Morgan fingerprint density at radius 1 is 1.04 bits per heavy atom. The molecule has 0 saturated carbocycles. The highest BCUT2D eigenvalue weighted by molar-refractivity contribution is 9.10. The number of rotatable bonds is 3. The van der Waals surface area contributed by atoms with Gasteiger partial charge in [-0.2, -0.15) is 0 Å². The van der Waals surface area contributed by atoms with Crippen molar-refractivity contribution in [1.82, 2.24) is 4.98 Å². The van der Waals surface area contributed by atoms with Crippen molar-refractivity contribution in [1.29, 1.82) is 0 Å². The minimum absolute atomic E-state index is 0.274. The quantitative estimate of drug-likeness (QED) is 0.426. The van der Waals surface area contributed by atoms with E-state index in [0.29, 0.717) is 33.3 Å². The zero-order valence-corrected chi connectivity index (χ0v) is 15.7. The van der Waals surface area contributed by atoms with Crippen LogP contribution in [-0.2, 0) is 0 Å². The second-order valence-corrected chi connectivity index (χ2v) is 6.88. The SMILES string of the molecule is O=C(Nc1ccc2oc(-c3ccccc3Br)nc2c1)c1ccccc1Cl. The first-order valence-electron chi connectivity index (χ1n) is 7.83. The van der Waals surface area contributed by atoms with E-state index in [1.165, 1.54) is 0 Å². The second kappa shape index (κ2) is 6.94. The van der Waals surface area contributed by atoms with E-state index in [9.17, 15) is 4.79 Å². The fourth-order valence-corrected chi connectivity index (χ4v) is 3.27. The molecule has 128 valence electrons. The van der Waals surface area contributed by atoms with E-state index in [2.05, 4.69) is 26.2 Å².